The summed E-state index contributed by atoms with van der Waals surface area (Å²) in [7, 11) is 0. The molecule has 2 fully saturated rings. The lowest BCUT2D eigenvalue weighted by molar-refractivity contribution is -0.00521. The van der Waals surface area contributed by atoms with Gasteiger partial charge in [-0.15, -0.1) is 0 Å². The molecular formula is C23H30ClFN4O2. The van der Waals surface area contributed by atoms with Gasteiger partial charge < -0.3 is 19.7 Å². The molecule has 0 radical (unpaired) electrons. The number of hydrogen-bond acceptors (Lipinski definition) is 6. The first-order valence-corrected chi connectivity index (χ1v) is 11.5. The molecule has 168 valence electrons. The van der Waals surface area contributed by atoms with E-state index in [1.54, 1.807) is 0 Å². The minimum Gasteiger partial charge on any atom is -0.475 e. The predicted octanol–water partition coefficient (Wildman–Crippen LogP) is 5.59. The lowest BCUT2D eigenvalue weighted by Gasteiger charge is -2.36. The highest BCUT2D eigenvalue weighted by molar-refractivity contribution is 6.29. The highest BCUT2D eigenvalue weighted by atomic mass is 35.5. The van der Waals surface area contributed by atoms with Crippen LogP contribution in [0.5, 0.6) is 5.88 Å². The summed E-state index contributed by atoms with van der Waals surface area (Å²) in [5.41, 5.74) is 1.92. The quantitative estimate of drug-likeness (QED) is 0.581. The first kappa shape index (κ1) is 22.1. The van der Waals surface area contributed by atoms with Gasteiger partial charge in [-0.1, -0.05) is 30.9 Å². The van der Waals surface area contributed by atoms with E-state index in [4.69, 9.17) is 21.1 Å². The van der Waals surface area contributed by atoms with E-state index in [1.165, 1.54) is 19.3 Å². The minimum atomic E-state index is -0.714. The van der Waals surface area contributed by atoms with Crippen LogP contribution in [0, 0.1) is 11.7 Å². The van der Waals surface area contributed by atoms with E-state index >= 15 is 0 Å². The predicted molar refractivity (Wildman–Crippen MR) is 121 cm³/mol. The van der Waals surface area contributed by atoms with Crippen molar-refractivity contribution in [3.63, 3.8) is 0 Å². The monoisotopic (exact) mass is 448 g/mol. The Morgan fingerprint density at radius 1 is 1.10 bits per heavy atom. The molecule has 1 N–H and O–H groups in total. The van der Waals surface area contributed by atoms with Gasteiger partial charge in [-0.05, 0) is 56.9 Å². The maximum absolute atomic E-state index is 14.4. The Kier molecular flexibility index (Phi) is 7.13. The zero-order valence-electron chi connectivity index (χ0n) is 18.1. The van der Waals surface area contributed by atoms with Gasteiger partial charge in [-0.3, -0.25) is 0 Å². The third-order valence-corrected chi connectivity index (χ3v) is 6.12. The van der Waals surface area contributed by atoms with Crippen LogP contribution in [-0.4, -0.2) is 41.9 Å². The number of aromatic nitrogens is 2. The normalized spacial score (nSPS) is 22.4. The van der Waals surface area contributed by atoms with Gasteiger partial charge in [0.1, 0.15) is 0 Å². The molecule has 31 heavy (non-hydrogen) atoms. The Morgan fingerprint density at radius 3 is 2.45 bits per heavy atom. The van der Waals surface area contributed by atoms with Gasteiger partial charge in [0.05, 0.1) is 18.8 Å². The lowest BCUT2D eigenvalue weighted by Crippen LogP contribution is -2.45. The van der Waals surface area contributed by atoms with Gasteiger partial charge >= 0.3 is 0 Å². The molecule has 2 aliphatic rings. The summed E-state index contributed by atoms with van der Waals surface area (Å²) in [5.74, 6) is -0.155. The Balaban J connectivity index is 1.41. The van der Waals surface area contributed by atoms with Crippen molar-refractivity contribution < 1.29 is 13.9 Å². The SMILES string of the molecule is C[C@@H]1CN(c2ccc(Nc3nc(Cl)c(F)c(OCC4CCCCC4)n3)cc2)C[C@H](C)O1. The maximum Gasteiger partial charge on any atom is 0.257 e. The smallest absolute Gasteiger partial charge is 0.257 e. The van der Waals surface area contributed by atoms with E-state index in [9.17, 15) is 4.39 Å². The Morgan fingerprint density at radius 2 is 1.77 bits per heavy atom. The second kappa shape index (κ2) is 10.0. The number of ether oxygens (including phenoxy) is 2. The fraction of sp³-hybridized carbons (Fsp3) is 0.565. The number of halogens is 2. The fourth-order valence-corrected chi connectivity index (χ4v) is 4.54. The molecule has 0 unspecified atom stereocenters. The largest absolute Gasteiger partial charge is 0.475 e. The van der Waals surface area contributed by atoms with Crippen molar-refractivity contribution in [1.82, 2.24) is 9.97 Å². The molecule has 2 aromatic rings. The van der Waals surface area contributed by atoms with Crippen LogP contribution in [0.4, 0.5) is 21.7 Å². The van der Waals surface area contributed by atoms with Crippen molar-refractivity contribution in [3.8, 4) is 5.88 Å². The zero-order chi connectivity index (χ0) is 21.8. The number of hydrogen-bond donors (Lipinski definition) is 1. The third-order valence-electron chi connectivity index (χ3n) is 5.87. The van der Waals surface area contributed by atoms with Crippen LogP contribution in [0.15, 0.2) is 24.3 Å². The second-order valence-electron chi connectivity index (χ2n) is 8.61. The summed E-state index contributed by atoms with van der Waals surface area (Å²) in [6, 6.07) is 7.98. The van der Waals surface area contributed by atoms with Gasteiger partial charge in [-0.2, -0.15) is 14.4 Å². The Hall–Kier alpha value is -2.12. The molecule has 4 rings (SSSR count). The highest BCUT2D eigenvalue weighted by Gasteiger charge is 2.22. The Labute approximate surface area is 188 Å². The molecule has 1 aromatic carbocycles. The van der Waals surface area contributed by atoms with Crippen LogP contribution in [-0.2, 0) is 4.74 Å². The summed E-state index contributed by atoms with van der Waals surface area (Å²) in [4.78, 5) is 10.5. The van der Waals surface area contributed by atoms with Gasteiger partial charge in [0.15, 0.2) is 5.15 Å². The molecule has 1 saturated heterocycles. The number of rotatable bonds is 6. The van der Waals surface area contributed by atoms with Gasteiger partial charge in [0.25, 0.3) is 5.88 Å². The van der Waals surface area contributed by atoms with Gasteiger partial charge in [0, 0.05) is 24.5 Å². The van der Waals surface area contributed by atoms with E-state index in [-0.39, 0.29) is 29.2 Å². The summed E-state index contributed by atoms with van der Waals surface area (Å²) in [6.07, 6.45) is 6.28. The average molecular weight is 449 g/mol. The molecule has 2 heterocycles. The first-order valence-electron chi connectivity index (χ1n) is 11.1. The minimum absolute atomic E-state index is 0.0963. The zero-order valence-corrected chi connectivity index (χ0v) is 18.9. The van der Waals surface area contributed by atoms with E-state index < -0.39 is 5.82 Å². The topological polar surface area (TPSA) is 59.5 Å². The van der Waals surface area contributed by atoms with Crippen LogP contribution in [0.25, 0.3) is 0 Å². The highest BCUT2D eigenvalue weighted by Crippen LogP contribution is 2.29. The first-order chi connectivity index (χ1) is 15.0. The number of anilines is 3. The number of benzene rings is 1. The lowest BCUT2D eigenvalue weighted by atomic mass is 9.90. The second-order valence-corrected chi connectivity index (χ2v) is 8.96. The molecule has 1 aliphatic heterocycles. The van der Waals surface area contributed by atoms with Gasteiger partial charge in [-0.25, -0.2) is 0 Å². The third kappa shape index (κ3) is 5.77. The molecule has 8 heteroatoms. The molecule has 1 saturated carbocycles. The molecule has 0 amide bonds. The van der Waals surface area contributed by atoms with Crippen molar-refractivity contribution in [2.45, 2.75) is 58.2 Å². The van der Waals surface area contributed by atoms with Crippen LogP contribution in [0.3, 0.4) is 0 Å². The van der Waals surface area contributed by atoms with Crippen molar-refractivity contribution in [2.24, 2.45) is 5.92 Å². The van der Waals surface area contributed by atoms with Crippen LogP contribution < -0.4 is 15.0 Å². The molecule has 0 bridgehead atoms. The molecule has 0 spiro atoms. The average Bonchev–Trinajstić information content (AvgIpc) is 2.76. The maximum atomic E-state index is 14.4. The van der Waals surface area contributed by atoms with Crippen molar-refractivity contribution in [1.29, 1.82) is 0 Å². The van der Waals surface area contributed by atoms with E-state index in [0.717, 1.165) is 37.3 Å². The molecule has 1 aliphatic carbocycles. The van der Waals surface area contributed by atoms with Crippen molar-refractivity contribution >= 4 is 28.9 Å². The van der Waals surface area contributed by atoms with Crippen LogP contribution in [0.2, 0.25) is 5.15 Å². The molecular weight excluding hydrogens is 419 g/mol. The number of nitrogens with zero attached hydrogens (tertiary/aromatic N) is 3. The molecule has 6 nitrogen and oxygen atoms in total. The van der Waals surface area contributed by atoms with E-state index in [0.29, 0.717) is 12.5 Å². The van der Waals surface area contributed by atoms with Crippen LogP contribution >= 0.6 is 11.6 Å². The van der Waals surface area contributed by atoms with Crippen molar-refractivity contribution in [2.75, 3.05) is 29.9 Å². The number of nitrogens with one attached hydrogen (secondary N) is 1. The molecule has 2 atom stereocenters. The standard InChI is InChI=1S/C23H30ClFN4O2/c1-15-12-29(13-16(2)31-15)19-10-8-18(9-11-19)26-23-27-21(24)20(25)22(28-23)30-14-17-6-4-3-5-7-17/h8-11,15-17H,3-7,12-14H2,1-2H3,(H,26,27,28)/t15-,16+. The summed E-state index contributed by atoms with van der Waals surface area (Å²) in [5, 5.41) is 2.86. The Bertz CT molecular complexity index is 867. The van der Waals surface area contributed by atoms with Crippen LogP contribution in [0.1, 0.15) is 46.0 Å². The fourth-order valence-electron chi connectivity index (χ4n) is 4.38. The summed E-state index contributed by atoms with van der Waals surface area (Å²) in [6.45, 7) is 6.34. The van der Waals surface area contributed by atoms with Crippen molar-refractivity contribution in [3.05, 3.63) is 35.2 Å². The van der Waals surface area contributed by atoms with Gasteiger partial charge in [0.2, 0.25) is 11.8 Å². The summed E-state index contributed by atoms with van der Waals surface area (Å²) >= 11 is 6.00. The van der Waals surface area contributed by atoms with E-state index in [2.05, 4.69) is 34.0 Å². The molecule has 1 aromatic heterocycles. The number of morpholine rings is 1. The summed E-state index contributed by atoms with van der Waals surface area (Å²) < 4.78 is 25.9. The van der Waals surface area contributed by atoms with E-state index in [1.807, 2.05) is 24.3 Å².